The summed E-state index contributed by atoms with van der Waals surface area (Å²) >= 11 is 6.05. The lowest BCUT2D eigenvalue weighted by molar-refractivity contribution is 0.540. The van der Waals surface area contributed by atoms with E-state index in [4.69, 9.17) is 17.3 Å². The topological polar surface area (TPSA) is 38.0 Å². The molecule has 0 radical (unpaired) electrons. The monoisotopic (exact) mass is 278 g/mol. The molecule has 2 rings (SSSR count). The molecule has 0 heterocycles. The van der Waals surface area contributed by atoms with Crippen molar-refractivity contribution in [3.05, 3.63) is 70.5 Å². The zero-order chi connectivity index (χ0) is 13.7. The fourth-order valence-electron chi connectivity index (χ4n) is 1.94. The summed E-state index contributed by atoms with van der Waals surface area (Å²) in [5, 5.41) is 3.73. The normalized spacial score (nSPS) is 12.4. The van der Waals surface area contributed by atoms with Crippen LogP contribution in [0.5, 0.6) is 0 Å². The predicted octanol–water partition coefficient (Wildman–Crippen LogP) is 3.27. The summed E-state index contributed by atoms with van der Waals surface area (Å²) in [5.41, 5.74) is 7.75. The highest BCUT2D eigenvalue weighted by Crippen LogP contribution is 2.23. The zero-order valence-corrected chi connectivity index (χ0v) is 11.2. The molecule has 2 aromatic carbocycles. The van der Waals surface area contributed by atoms with E-state index >= 15 is 0 Å². The molecule has 0 aliphatic heterocycles. The van der Waals surface area contributed by atoms with Gasteiger partial charge in [0, 0.05) is 24.2 Å². The summed E-state index contributed by atoms with van der Waals surface area (Å²) in [6.45, 7) is 1.09. The van der Waals surface area contributed by atoms with Crippen molar-refractivity contribution in [2.24, 2.45) is 5.73 Å². The number of rotatable bonds is 5. The fraction of sp³-hybridized carbons (Fsp3) is 0.200. The standard InChI is InChI=1S/C15H16ClFN2/c16-14-8-12(17)6-7-13(14)15(9-18)19-10-11-4-2-1-3-5-11/h1-8,15,19H,9-10,18H2. The van der Waals surface area contributed by atoms with E-state index in [0.29, 0.717) is 18.1 Å². The van der Waals surface area contributed by atoms with Gasteiger partial charge in [0.1, 0.15) is 5.82 Å². The van der Waals surface area contributed by atoms with Crippen LogP contribution in [-0.2, 0) is 6.54 Å². The van der Waals surface area contributed by atoms with Crippen molar-refractivity contribution in [1.82, 2.24) is 5.32 Å². The van der Waals surface area contributed by atoms with Crippen LogP contribution in [0, 0.1) is 5.82 Å². The number of nitrogens with one attached hydrogen (secondary N) is 1. The molecule has 0 spiro atoms. The lowest BCUT2D eigenvalue weighted by atomic mass is 10.1. The van der Waals surface area contributed by atoms with Gasteiger partial charge in [-0.2, -0.15) is 0 Å². The fourth-order valence-corrected chi connectivity index (χ4v) is 2.24. The molecule has 1 unspecified atom stereocenters. The summed E-state index contributed by atoms with van der Waals surface area (Å²) in [7, 11) is 0. The van der Waals surface area contributed by atoms with E-state index in [9.17, 15) is 4.39 Å². The van der Waals surface area contributed by atoms with E-state index in [1.54, 1.807) is 6.07 Å². The third kappa shape index (κ3) is 3.77. The van der Waals surface area contributed by atoms with Gasteiger partial charge in [0.05, 0.1) is 0 Å². The first-order chi connectivity index (χ1) is 9.20. The van der Waals surface area contributed by atoms with Gasteiger partial charge in [-0.1, -0.05) is 48.0 Å². The third-order valence-electron chi connectivity index (χ3n) is 2.97. The van der Waals surface area contributed by atoms with Crippen molar-refractivity contribution >= 4 is 11.6 Å². The molecular formula is C15H16ClFN2. The minimum atomic E-state index is -0.340. The zero-order valence-electron chi connectivity index (χ0n) is 10.4. The molecule has 0 saturated heterocycles. The van der Waals surface area contributed by atoms with Crippen LogP contribution >= 0.6 is 11.6 Å². The highest BCUT2D eigenvalue weighted by atomic mass is 35.5. The molecule has 0 fully saturated rings. The first-order valence-electron chi connectivity index (χ1n) is 6.13. The number of hydrogen-bond acceptors (Lipinski definition) is 2. The van der Waals surface area contributed by atoms with E-state index in [0.717, 1.165) is 5.56 Å². The summed E-state index contributed by atoms with van der Waals surface area (Å²) in [6, 6.07) is 14.3. The Hall–Kier alpha value is -1.42. The van der Waals surface area contributed by atoms with Crippen LogP contribution in [0.1, 0.15) is 17.2 Å². The molecule has 1 atom stereocenters. The maximum Gasteiger partial charge on any atom is 0.124 e. The van der Waals surface area contributed by atoms with Gasteiger partial charge >= 0.3 is 0 Å². The van der Waals surface area contributed by atoms with Gasteiger partial charge in [-0.25, -0.2) is 4.39 Å². The Kier molecular flexibility index (Phi) is 4.91. The first kappa shape index (κ1) is 14.0. The smallest absolute Gasteiger partial charge is 0.124 e. The number of halogens is 2. The molecule has 100 valence electrons. The van der Waals surface area contributed by atoms with Gasteiger partial charge in [-0.15, -0.1) is 0 Å². The second kappa shape index (κ2) is 6.66. The molecule has 19 heavy (non-hydrogen) atoms. The summed E-state index contributed by atoms with van der Waals surface area (Å²) < 4.78 is 13.0. The highest BCUT2D eigenvalue weighted by molar-refractivity contribution is 6.31. The first-order valence-corrected chi connectivity index (χ1v) is 6.51. The van der Waals surface area contributed by atoms with Gasteiger partial charge in [-0.05, 0) is 23.3 Å². The molecule has 0 amide bonds. The molecule has 0 saturated carbocycles. The maximum atomic E-state index is 13.0. The molecule has 0 bridgehead atoms. The minimum Gasteiger partial charge on any atom is -0.329 e. The molecule has 0 aromatic heterocycles. The predicted molar refractivity (Wildman–Crippen MR) is 76.5 cm³/mol. The SMILES string of the molecule is NCC(NCc1ccccc1)c1ccc(F)cc1Cl. The van der Waals surface area contributed by atoms with Crippen molar-refractivity contribution in [1.29, 1.82) is 0 Å². The number of hydrogen-bond donors (Lipinski definition) is 2. The van der Waals surface area contributed by atoms with Gasteiger partial charge in [0.2, 0.25) is 0 Å². The Morgan fingerprint density at radius 3 is 2.53 bits per heavy atom. The Morgan fingerprint density at radius 2 is 1.89 bits per heavy atom. The molecular weight excluding hydrogens is 263 g/mol. The van der Waals surface area contributed by atoms with E-state index in [1.165, 1.54) is 17.7 Å². The maximum absolute atomic E-state index is 13.0. The summed E-state index contributed by atoms with van der Waals surface area (Å²) in [6.07, 6.45) is 0. The third-order valence-corrected chi connectivity index (χ3v) is 3.30. The summed E-state index contributed by atoms with van der Waals surface area (Å²) in [4.78, 5) is 0. The van der Waals surface area contributed by atoms with Crippen LogP contribution in [-0.4, -0.2) is 6.54 Å². The highest BCUT2D eigenvalue weighted by Gasteiger charge is 2.13. The van der Waals surface area contributed by atoms with Crippen molar-refractivity contribution in [2.45, 2.75) is 12.6 Å². The lowest BCUT2D eigenvalue weighted by Crippen LogP contribution is -2.28. The number of nitrogens with two attached hydrogens (primary N) is 1. The van der Waals surface area contributed by atoms with Crippen molar-refractivity contribution in [3.8, 4) is 0 Å². The van der Waals surface area contributed by atoms with Crippen LogP contribution in [0.4, 0.5) is 4.39 Å². The van der Waals surface area contributed by atoms with Gasteiger partial charge in [0.15, 0.2) is 0 Å². The van der Waals surface area contributed by atoms with Crippen LogP contribution in [0.3, 0.4) is 0 Å². The van der Waals surface area contributed by atoms with E-state index < -0.39 is 0 Å². The Balaban J connectivity index is 2.08. The van der Waals surface area contributed by atoms with E-state index in [2.05, 4.69) is 5.32 Å². The summed E-state index contributed by atoms with van der Waals surface area (Å²) in [5.74, 6) is -0.340. The minimum absolute atomic E-state index is 0.0895. The lowest BCUT2D eigenvalue weighted by Gasteiger charge is -2.18. The van der Waals surface area contributed by atoms with E-state index in [-0.39, 0.29) is 11.9 Å². The number of benzene rings is 2. The second-order valence-electron chi connectivity index (χ2n) is 4.32. The Labute approximate surface area is 117 Å². The quantitative estimate of drug-likeness (QED) is 0.881. The van der Waals surface area contributed by atoms with E-state index in [1.807, 2.05) is 30.3 Å². The van der Waals surface area contributed by atoms with Gasteiger partial charge < -0.3 is 11.1 Å². The second-order valence-corrected chi connectivity index (χ2v) is 4.73. The molecule has 0 aliphatic rings. The average molecular weight is 279 g/mol. The van der Waals surface area contributed by atoms with Gasteiger partial charge in [0.25, 0.3) is 0 Å². The van der Waals surface area contributed by atoms with Crippen molar-refractivity contribution in [3.63, 3.8) is 0 Å². The molecule has 2 aromatic rings. The van der Waals surface area contributed by atoms with Crippen LogP contribution < -0.4 is 11.1 Å². The molecule has 4 heteroatoms. The largest absolute Gasteiger partial charge is 0.329 e. The Bertz CT molecular complexity index is 531. The molecule has 2 nitrogen and oxygen atoms in total. The molecule has 0 aliphatic carbocycles. The average Bonchev–Trinajstić information content (AvgIpc) is 2.42. The van der Waals surface area contributed by atoms with Crippen LogP contribution in [0.15, 0.2) is 48.5 Å². The van der Waals surface area contributed by atoms with Crippen LogP contribution in [0.2, 0.25) is 5.02 Å². The van der Waals surface area contributed by atoms with Gasteiger partial charge in [-0.3, -0.25) is 0 Å². The van der Waals surface area contributed by atoms with Crippen molar-refractivity contribution < 1.29 is 4.39 Å². The molecule has 3 N–H and O–H groups in total. The van der Waals surface area contributed by atoms with Crippen molar-refractivity contribution in [2.75, 3.05) is 6.54 Å². The Morgan fingerprint density at radius 1 is 1.16 bits per heavy atom. The van der Waals surface area contributed by atoms with Crippen LogP contribution in [0.25, 0.3) is 0 Å².